The van der Waals surface area contributed by atoms with Crippen LogP contribution < -0.4 is 5.32 Å². The van der Waals surface area contributed by atoms with Crippen LogP contribution in [0.4, 0.5) is 0 Å². The van der Waals surface area contributed by atoms with Crippen molar-refractivity contribution < 1.29 is 0 Å². The molecule has 102 valence electrons. The Hall–Kier alpha value is -1.78. The quantitative estimate of drug-likeness (QED) is 0.774. The average molecular weight is 283 g/mol. The summed E-state index contributed by atoms with van der Waals surface area (Å²) in [7, 11) is 0. The van der Waals surface area contributed by atoms with Crippen LogP contribution in [0.15, 0.2) is 48.2 Å². The lowest BCUT2D eigenvalue weighted by molar-refractivity contribution is 0.596. The van der Waals surface area contributed by atoms with Crippen LogP contribution in [0.25, 0.3) is 10.2 Å². The second kappa shape index (κ2) is 6.11. The van der Waals surface area contributed by atoms with Crippen molar-refractivity contribution >= 4 is 21.6 Å². The summed E-state index contributed by atoms with van der Waals surface area (Å²) in [6.45, 7) is 3.15. The lowest BCUT2D eigenvalue weighted by atomic mass is 10.0. The van der Waals surface area contributed by atoms with Gasteiger partial charge in [-0.05, 0) is 47.7 Å². The maximum Gasteiger partial charge on any atom is 0.0809 e. The van der Waals surface area contributed by atoms with E-state index in [0.29, 0.717) is 0 Å². The standard InChI is InChI=1S/C16H17N3S/c1-2-6-18-16(12-4-3-7-17-10-12)13-9-15-14(19-11-13)5-8-20-15/h3-5,7-11,16,18H,2,6H2,1H3. The number of hydrogen-bond donors (Lipinski definition) is 1. The van der Waals surface area contributed by atoms with Crippen LogP contribution in [0.1, 0.15) is 30.5 Å². The summed E-state index contributed by atoms with van der Waals surface area (Å²) in [5.74, 6) is 0. The van der Waals surface area contributed by atoms with Crippen LogP contribution in [0.2, 0.25) is 0 Å². The van der Waals surface area contributed by atoms with E-state index < -0.39 is 0 Å². The molecular weight excluding hydrogens is 266 g/mol. The third-order valence-corrected chi connectivity index (χ3v) is 4.13. The Kier molecular flexibility index (Phi) is 4.04. The van der Waals surface area contributed by atoms with E-state index in [9.17, 15) is 0 Å². The van der Waals surface area contributed by atoms with Gasteiger partial charge >= 0.3 is 0 Å². The molecule has 3 aromatic heterocycles. The summed E-state index contributed by atoms with van der Waals surface area (Å²) >= 11 is 1.73. The fourth-order valence-corrected chi connectivity index (χ4v) is 3.07. The number of nitrogens with zero attached hydrogens (tertiary/aromatic N) is 2. The number of fused-ring (bicyclic) bond motifs is 1. The molecular formula is C16H17N3S. The van der Waals surface area contributed by atoms with Gasteiger partial charge in [-0.25, -0.2) is 0 Å². The Morgan fingerprint density at radius 1 is 1.25 bits per heavy atom. The SMILES string of the molecule is CCCNC(c1cccnc1)c1cnc2ccsc2c1. The monoisotopic (exact) mass is 283 g/mol. The number of hydrogen-bond acceptors (Lipinski definition) is 4. The Morgan fingerprint density at radius 3 is 3.00 bits per heavy atom. The normalized spacial score (nSPS) is 12.7. The zero-order chi connectivity index (χ0) is 13.8. The highest BCUT2D eigenvalue weighted by Crippen LogP contribution is 2.26. The Labute approximate surface area is 122 Å². The van der Waals surface area contributed by atoms with Gasteiger partial charge in [-0.15, -0.1) is 11.3 Å². The Morgan fingerprint density at radius 2 is 2.20 bits per heavy atom. The number of pyridine rings is 2. The molecule has 0 radical (unpaired) electrons. The van der Waals surface area contributed by atoms with Crippen molar-refractivity contribution in [2.45, 2.75) is 19.4 Å². The predicted molar refractivity (Wildman–Crippen MR) is 84.0 cm³/mol. The average Bonchev–Trinajstić information content (AvgIpc) is 2.96. The molecule has 0 spiro atoms. The van der Waals surface area contributed by atoms with Crippen LogP contribution in [-0.4, -0.2) is 16.5 Å². The topological polar surface area (TPSA) is 37.8 Å². The van der Waals surface area contributed by atoms with Crippen LogP contribution in [0, 0.1) is 0 Å². The molecule has 3 rings (SSSR count). The molecule has 0 bridgehead atoms. The highest BCUT2D eigenvalue weighted by atomic mass is 32.1. The van der Waals surface area contributed by atoms with Crippen LogP contribution in [0.5, 0.6) is 0 Å². The van der Waals surface area contributed by atoms with E-state index >= 15 is 0 Å². The zero-order valence-corrected chi connectivity index (χ0v) is 12.2. The minimum Gasteiger partial charge on any atom is -0.306 e. The first-order chi connectivity index (χ1) is 9.88. The van der Waals surface area contributed by atoms with Gasteiger partial charge in [0.25, 0.3) is 0 Å². The molecule has 0 amide bonds. The van der Waals surface area contributed by atoms with Crippen LogP contribution in [-0.2, 0) is 0 Å². The molecule has 3 heterocycles. The molecule has 0 saturated heterocycles. The Balaban J connectivity index is 1.99. The first-order valence-electron chi connectivity index (χ1n) is 6.85. The molecule has 4 heteroatoms. The van der Waals surface area contributed by atoms with Crippen LogP contribution in [0.3, 0.4) is 0 Å². The van der Waals surface area contributed by atoms with Gasteiger partial charge in [0.1, 0.15) is 0 Å². The van der Waals surface area contributed by atoms with E-state index in [0.717, 1.165) is 18.5 Å². The van der Waals surface area contributed by atoms with Crippen molar-refractivity contribution in [1.82, 2.24) is 15.3 Å². The third kappa shape index (κ3) is 2.71. The molecule has 0 aromatic carbocycles. The smallest absolute Gasteiger partial charge is 0.0809 e. The molecule has 0 aliphatic rings. The molecule has 1 atom stereocenters. The minimum atomic E-state index is 0.155. The van der Waals surface area contributed by atoms with Gasteiger partial charge in [0.15, 0.2) is 0 Å². The van der Waals surface area contributed by atoms with Gasteiger partial charge in [0.2, 0.25) is 0 Å². The van der Waals surface area contributed by atoms with Crippen molar-refractivity contribution in [2.75, 3.05) is 6.54 Å². The number of rotatable bonds is 5. The highest BCUT2D eigenvalue weighted by Gasteiger charge is 2.14. The molecule has 20 heavy (non-hydrogen) atoms. The van der Waals surface area contributed by atoms with Crippen molar-refractivity contribution in [3.8, 4) is 0 Å². The van der Waals surface area contributed by atoms with Gasteiger partial charge in [-0.3, -0.25) is 9.97 Å². The zero-order valence-electron chi connectivity index (χ0n) is 11.4. The molecule has 3 aromatic rings. The van der Waals surface area contributed by atoms with Gasteiger partial charge in [0.05, 0.1) is 16.3 Å². The number of nitrogens with one attached hydrogen (secondary N) is 1. The highest BCUT2D eigenvalue weighted by molar-refractivity contribution is 7.17. The first kappa shape index (κ1) is 13.2. The van der Waals surface area contributed by atoms with Crippen LogP contribution >= 0.6 is 11.3 Å². The molecule has 0 saturated carbocycles. The maximum absolute atomic E-state index is 4.55. The molecule has 0 aliphatic carbocycles. The van der Waals surface area contributed by atoms with E-state index in [1.807, 2.05) is 18.5 Å². The lowest BCUT2D eigenvalue weighted by Crippen LogP contribution is -2.23. The van der Waals surface area contributed by atoms with Crippen molar-refractivity contribution in [1.29, 1.82) is 0 Å². The van der Waals surface area contributed by atoms with E-state index in [1.165, 1.54) is 15.8 Å². The van der Waals surface area contributed by atoms with Gasteiger partial charge in [-0.1, -0.05) is 13.0 Å². The third-order valence-electron chi connectivity index (χ3n) is 3.27. The molecule has 3 nitrogen and oxygen atoms in total. The molecule has 0 fully saturated rings. The summed E-state index contributed by atoms with van der Waals surface area (Å²) in [5.41, 5.74) is 3.44. The van der Waals surface area contributed by atoms with Gasteiger partial charge in [-0.2, -0.15) is 0 Å². The summed E-state index contributed by atoms with van der Waals surface area (Å²) in [4.78, 5) is 8.78. The molecule has 1 unspecified atom stereocenters. The van der Waals surface area contributed by atoms with Gasteiger partial charge < -0.3 is 5.32 Å². The molecule has 0 aliphatic heterocycles. The summed E-state index contributed by atoms with van der Waals surface area (Å²) in [6.07, 6.45) is 6.80. The largest absolute Gasteiger partial charge is 0.306 e. The fourth-order valence-electron chi connectivity index (χ4n) is 2.28. The summed E-state index contributed by atoms with van der Waals surface area (Å²) in [6, 6.07) is 8.53. The lowest BCUT2D eigenvalue weighted by Gasteiger charge is -2.18. The fraction of sp³-hybridized carbons (Fsp3) is 0.250. The maximum atomic E-state index is 4.55. The second-order valence-electron chi connectivity index (χ2n) is 4.75. The van der Waals surface area contributed by atoms with Crippen molar-refractivity contribution in [3.05, 3.63) is 59.4 Å². The number of aromatic nitrogens is 2. The minimum absolute atomic E-state index is 0.155. The summed E-state index contributed by atoms with van der Waals surface area (Å²) in [5, 5.41) is 5.67. The van der Waals surface area contributed by atoms with E-state index in [-0.39, 0.29) is 6.04 Å². The van der Waals surface area contributed by atoms with Crippen molar-refractivity contribution in [3.63, 3.8) is 0 Å². The van der Waals surface area contributed by atoms with E-state index in [1.54, 1.807) is 17.5 Å². The summed E-state index contributed by atoms with van der Waals surface area (Å²) < 4.78 is 1.23. The predicted octanol–water partition coefficient (Wildman–Crippen LogP) is 3.78. The van der Waals surface area contributed by atoms with Crippen molar-refractivity contribution in [2.24, 2.45) is 0 Å². The Bertz CT molecular complexity index is 678. The number of thiophene rings is 1. The van der Waals surface area contributed by atoms with E-state index in [4.69, 9.17) is 0 Å². The first-order valence-corrected chi connectivity index (χ1v) is 7.73. The van der Waals surface area contributed by atoms with Gasteiger partial charge in [0, 0.05) is 18.6 Å². The molecule has 1 N–H and O–H groups in total. The second-order valence-corrected chi connectivity index (χ2v) is 5.69. The van der Waals surface area contributed by atoms with E-state index in [2.05, 4.69) is 45.8 Å².